The molecule has 0 aromatic heterocycles. The van der Waals surface area contributed by atoms with Crippen LogP contribution < -0.4 is 9.62 Å². The van der Waals surface area contributed by atoms with Gasteiger partial charge in [-0.2, -0.15) is 0 Å². The van der Waals surface area contributed by atoms with Crippen molar-refractivity contribution in [1.82, 2.24) is 10.2 Å². The molecular formula is C37H42FN3O4S. The molecule has 0 heterocycles. The van der Waals surface area contributed by atoms with E-state index in [1.807, 2.05) is 71.0 Å². The van der Waals surface area contributed by atoms with Crippen molar-refractivity contribution in [2.24, 2.45) is 0 Å². The van der Waals surface area contributed by atoms with Crippen LogP contribution in [0.2, 0.25) is 0 Å². The van der Waals surface area contributed by atoms with E-state index in [4.69, 9.17) is 0 Å². The highest BCUT2D eigenvalue weighted by molar-refractivity contribution is 7.92. The lowest BCUT2D eigenvalue weighted by Crippen LogP contribution is -2.56. The summed E-state index contributed by atoms with van der Waals surface area (Å²) in [7, 11) is -4.24. The van der Waals surface area contributed by atoms with Crippen molar-refractivity contribution in [3.05, 3.63) is 131 Å². The van der Waals surface area contributed by atoms with Crippen LogP contribution in [-0.2, 0) is 32.6 Å². The molecule has 242 valence electrons. The molecule has 46 heavy (non-hydrogen) atoms. The average Bonchev–Trinajstić information content (AvgIpc) is 2.98. The third-order valence-electron chi connectivity index (χ3n) is 7.58. The topological polar surface area (TPSA) is 86.8 Å². The minimum absolute atomic E-state index is 0.0258. The number of hydrogen-bond donors (Lipinski definition) is 1. The third kappa shape index (κ3) is 8.60. The number of aryl methyl sites for hydroxylation is 3. The van der Waals surface area contributed by atoms with Crippen LogP contribution in [0.5, 0.6) is 0 Å². The maximum absolute atomic E-state index is 15.1. The summed E-state index contributed by atoms with van der Waals surface area (Å²) < 4.78 is 44.7. The summed E-state index contributed by atoms with van der Waals surface area (Å²) in [5, 5.41) is 2.98. The van der Waals surface area contributed by atoms with Gasteiger partial charge in [0, 0.05) is 24.1 Å². The van der Waals surface area contributed by atoms with Gasteiger partial charge in [-0.1, -0.05) is 83.9 Å². The van der Waals surface area contributed by atoms with Crippen molar-refractivity contribution in [1.29, 1.82) is 0 Å². The van der Waals surface area contributed by atoms with E-state index in [0.29, 0.717) is 11.3 Å². The smallest absolute Gasteiger partial charge is 0.264 e. The molecule has 0 aliphatic rings. The van der Waals surface area contributed by atoms with Crippen LogP contribution in [0.15, 0.2) is 102 Å². The first-order valence-electron chi connectivity index (χ1n) is 15.2. The molecule has 0 radical (unpaired) electrons. The Labute approximate surface area is 272 Å². The summed E-state index contributed by atoms with van der Waals surface area (Å²) in [4.78, 5) is 29.8. The number of benzene rings is 4. The van der Waals surface area contributed by atoms with Gasteiger partial charge in [-0.15, -0.1) is 0 Å². The Bertz CT molecular complexity index is 1790. The molecule has 1 N–H and O–H groups in total. The van der Waals surface area contributed by atoms with Crippen molar-refractivity contribution < 1.29 is 22.4 Å². The fraction of sp³-hybridized carbons (Fsp3) is 0.297. The van der Waals surface area contributed by atoms with Gasteiger partial charge in [0.05, 0.1) is 10.6 Å². The van der Waals surface area contributed by atoms with Gasteiger partial charge in [0.2, 0.25) is 11.8 Å². The molecule has 0 fully saturated rings. The number of nitrogens with zero attached hydrogens (tertiary/aromatic N) is 2. The van der Waals surface area contributed by atoms with E-state index in [1.165, 1.54) is 23.1 Å². The van der Waals surface area contributed by atoms with Gasteiger partial charge < -0.3 is 10.2 Å². The Morgan fingerprint density at radius 2 is 1.43 bits per heavy atom. The second-order valence-corrected chi connectivity index (χ2v) is 14.5. The second-order valence-electron chi connectivity index (χ2n) is 12.7. The molecule has 0 spiro atoms. The van der Waals surface area contributed by atoms with Crippen LogP contribution in [-0.4, -0.2) is 43.3 Å². The molecule has 0 aliphatic heterocycles. The van der Waals surface area contributed by atoms with Gasteiger partial charge in [-0.25, -0.2) is 12.8 Å². The lowest BCUT2D eigenvalue weighted by molar-refractivity contribution is -0.140. The van der Waals surface area contributed by atoms with Gasteiger partial charge >= 0.3 is 0 Å². The van der Waals surface area contributed by atoms with Crippen LogP contribution in [0.1, 0.15) is 48.6 Å². The number of rotatable bonds is 11. The minimum atomic E-state index is -4.24. The van der Waals surface area contributed by atoms with Gasteiger partial charge in [0.1, 0.15) is 18.4 Å². The Morgan fingerprint density at radius 1 is 0.826 bits per heavy atom. The number of carbonyl (C=O) groups is 2. The first-order chi connectivity index (χ1) is 21.7. The van der Waals surface area contributed by atoms with E-state index in [-0.39, 0.29) is 23.4 Å². The Balaban J connectivity index is 1.85. The van der Waals surface area contributed by atoms with Gasteiger partial charge in [0.25, 0.3) is 10.0 Å². The summed E-state index contributed by atoms with van der Waals surface area (Å²) in [5.74, 6) is -1.61. The van der Waals surface area contributed by atoms with Crippen molar-refractivity contribution >= 4 is 27.5 Å². The highest BCUT2D eigenvalue weighted by atomic mass is 32.2. The zero-order valence-corrected chi connectivity index (χ0v) is 28.1. The van der Waals surface area contributed by atoms with Crippen molar-refractivity contribution in [2.75, 3.05) is 10.8 Å². The number of hydrogen-bond acceptors (Lipinski definition) is 4. The highest BCUT2D eigenvalue weighted by Crippen LogP contribution is 2.29. The lowest BCUT2D eigenvalue weighted by Gasteiger charge is -2.35. The molecule has 2 amide bonds. The highest BCUT2D eigenvalue weighted by Gasteiger charge is 2.36. The summed E-state index contributed by atoms with van der Waals surface area (Å²) in [6, 6.07) is 26.0. The van der Waals surface area contributed by atoms with Crippen LogP contribution in [0.3, 0.4) is 0 Å². The molecule has 0 bridgehead atoms. The van der Waals surface area contributed by atoms with Crippen molar-refractivity contribution in [3.63, 3.8) is 0 Å². The number of nitrogens with one attached hydrogen (secondary N) is 1. The Kier molecular flexibility index (Phi) is 10.7. The zero-order chi connectivity index (χ0) is 33.6. The fourth-order valence-electron chi connectivity index (χ4n) is 5.25. The normalized spacial score (nSPS) is 12.3. The fourth-order valence-corrected chi connectivity index (χ4v) is 6.73. The predicted molar refractivity (Wildman–Crippen MR) is 180 cm³/mol. The average molecular weight is 644 g/mol. The van der Waals surface area contributed by atoms with E-state index < -0.39 is 45.8 Å². The zero-order valence-electron chi connectivity index (χ0n) is 27.2. The maximum atomic E-state index is 15.1. The lowest BCUT2D eigenvalue weighted by atomic mass is 10.0. The quantitative estimate of drug-likeness (QED) is 0.202. The summed E-state index contributed by atoms with van der Waals surface area (Å²) >= 11 is 0. The molecule has 4 aromatic carbocycles. The summed E-state index contributed by atoms with van der Waals surface area (Å²) in [5.41, 5.74) is 3.19. The molecule has 9 heteroatoms. The van der Waals surface area contributed by atoms with Crippen LogP contribution in [0.25, 0.3) is 0 Å². The van der Waals surface area contributed by atoms with E-state index >= 15 is 4.39 Å². The predicted octanol–water partition coefficient (Wildman–Crippen LogP) is 6.50. The SMILES string of the molecule is Cc1ccc(S(=O)(=O)N(CC(=O)N(Cc2ccccc2F)C(Cc2ccccc2)C(=O)NC(C)(C)C)c2ccc(C)cc2C)cc1. The molecule has 0 saturated heterocycles. The van der Waals surface area contributed by atoms with Crippen molar-refractivity contribution in [2.45, 2.75) is 71.0 Å². The van der Waals surface area contributed by atoms with Crippen LogP contribution >= 0.6 is 0 Å². The summed E-state index contributed by atoms with van der Waals surface area (Å²) in [6.45, 7) is 10.2. The largest absolute Gasteiger partial charge is 0.350 e. The van der Waals surface area contributed by atoms with E-state index in [9.17, 15) is 18.0 Å². The molecule has 4 aromatic rings. The number of sulfonamides is 1. The monoisotopic (exact) mass is 643 g/mol. The first kappa shape index (κ1) is 34.4. The Morgan fingerprint density at radius 3 is 2.04 bits per heavy atom. The maximum Gasteiger partial charge on any atom is 0.264 e. The standard InChI is InChI=1S/C37H42FN3O4S/c1-26-16-19-31(20-17-26)46(44,45)41(33-21-18-27(2)22-28(33)3)25-35(42)40(24-30-14-10-11-15-32(30)38)34(36(43)39-37(4,5)6)23-29-12-8-7-9-13-29/h7-22,34H,23-25H2,1-6H3,(H,39,43). The van der Waals surface area contributed by atoms with Gasteiger partial charge in [-0.05, 0) is 76.9 Å². The summed E-state index contributed by atoms with van der Waals surface area (Å²) in [6.07, 6.45) is 0.136. The molecule has 0 saturated carbocycles. The van der Waals surface area contributed by atoms with E-state index in [1.54, 1.807) is 49.4 Å². The number of amides is 2. The molecule has 4 rings (SSSR count). The second kappa shape index (κ2) is 14.3. The Hall–Kier alpha value is -4.50. The third-order valence-corrected chi connectivity index (χ3v) is 9.35. The van der Waals surface area contributed by atoms with Crippen LogP contribution in [0, 0.1) is 26.6 Å². The van der Waals surface area contributed by atoms with E-state index in [0.717, 1.165) is 21.0 Å². The molecule has 0 aliphatic carbocycles. The van der Waals surface area contributed by atoms with Gasteiger partial charge in [-0.3, -0.25) is 13.9 Å². The molecular weight excluding hydrogens is 601 g/mol. The van der Waals surface area contributed by atoms with E-state index in [2.05, 4.69) is 5.32 Å². The number of halogens is 1. The number of carbonyl (C=O) groups excluding carboxylic acids is 2. The van der Waals surface area contributed by atoms with Gasteiger partial charge in [0.15, 0.2) is 0 Å². The number of anilines is 1. The van der Waals surface area contributed by atoms with Crippen molar-refractivity contribution in [3.8, 4) is 0 Å². The molecule has 1 unspecified atom stereocenters. The van der Waals surface area contributed by atoms with Crippen LogP contribution in [0.4, 0.5) is 10.1 Å². The molecule has 7 nitrogen and oxygen atoms in total. The minimum Gasteiger partial charge on any atom is -0.350 e. The first-order valence-corrected chi connectivity index (χ1v) is 16.7. The molecule has 1 atom stereocenters.